The topological polar surface area (TPSA) is 78.3 Å². The summed E-state index contributed by atoms with van der Waals surface area (Å²) < 4.78 is 26.6. The largest absolute Gasteiger partial charge is 0.490 e. The quantitative estimate of drug-likeness (QED) is 0.563. The van der Waals surface area contributed by atoms with Crippen molar-refractivity contribution in [3.8, 4) is 22.9 Å². The second kappa shape index (κ2) is 9.15. The monoisotopic (exact) mass is 462 g/mol. The molecule has 0 atom stereocenters. The molecule has 0 fully saturated rings. The highest BCUT2D eigenvalue weighted by Crippen LogP contribution is 2.37. The lowest BCUT2D eigenvalue weighted by Crippen LogP contribution is -2.14. The lowest BCUT2D eigenvalue weighted by atomic mass is 10.1. The number of carbonyl (C=O) groups is 1. The molecule has 7 nitrogen and oxygen atoms in total. The first kappa shape index (κ1) is 21.5. The first-order chi connectivity index (χ1) is 14.9. The summed E-state index contributed by atoms with van der Waals surface area (Å²) in [6.45, 7) is 3.21. The van der Waals surface area contributed by atoms with E-state index in [1.807, 2.05) is 30.7 Å². The first-order valence-electron chi connectivity index (χ1n) is 9.60. The number of fused-ring (bicyclic) bond motifs is 1. The number of nitrogens with zero attached hydrogens (tertiary/aromatic N) is 3. The number of ether oxygens (including phenoxy) is 2. The van der Waals surface area contributed by atoms with Crippen molar-refractivity contribution in [2.24, 2.45) is 7.05 Å². The van der Waals surface area contributed by atoms with Crippen molar-refractivity contribution in [1.82, 2.24) is 14.8 Å². The Morgan fingerprint density at radius 2 is 1.97 bits per heavy atom. The third-order valence-corrected chi connectivity index (χ3v) is 6.02. The summed E-state index contributed by atoms with van der Waals surface area (Å²) in [7, 11) is 1.85. The first-order valence-corrected chi connectivity index (χ1v) is 11.0. The molecule has 2 aromatic carbocycles. The van der Waals surface area contributed by atoms with Gasteiger partial charge in [-0.1, -0.05) is 23.4 Å². The highest BCUT2D eigenvalue weighted by atomic mass is 35.5. The molecule has 0 saturated carbocycles. The number of hydrogen-bond acceptors (Lipinski definition) is 6. The van der Waals surface area contributed by atoms with Gasteiger partial charge in [0, 0.05) is 24.7 Å². The molecule has 0 spiro atoms. The number of aromatic nitrogens is 3. The van der Waals surface area contributed by atoms with Crippen molar-refractivity contribution >= 4 is 35.0 Å². The maximum absolute atomic E-state index is 13.3. The van der Waals surface area contributed by atoms with Crippen molar-refractivity contribution in [3.05, 3.63) is 46.7 Å². The number of thioether (sulfide) groups is 1. The van der Waals surface area contributed by atoms with Crippen LogP contribution in [0.4, 0.5) is 10.1 Å². The highest BCUT2D eigenvalue weighted by molar-refractivity contribution is 7.99. The summed E-state index contributed by atoms with van der Waals surface area (Å²) in [5.41, 5.74) is 2.30. The Labute approximate surface area is 187 Å². The Balaban J connectivity index is 1.46. The fourth-order valence-electron chi connectivity index (χ4n) is 3.13. The Kier molecular flexibility index (Phi) is 6.33. The molecule has 0 bridgehead atoms. The molecule has 1 aliphatic rings. The van der Waals surface area contributed by atoms with Crippen LogP contribution in [0.5, 0.6) is 11.5 Å². The summed E-state index contributed by atoms with van der Waals surface area (Å²) >= 11 is 7.00. The van der Waals surface area contributed by atoms with Crippen LogP contribution in [0.15, 0.2) is 35.5 Å². The smallest absolute Gasteiger partial charge is 0.234 e. The summed E-state index contributed by atoms with van der Waals surface area (Å²) in [6.07, 6.45) is 0.833. The van der Waals surface area contributed by atoms with Gasteiger partial charge in [-0.3, -0.25) is 4.79 Å². The molecule has 31 heavy (non-hydrogen) atoms. The van der Waals surface area contributed by atoms with E-state index in [4.69, 9.17) is 21.1 Å². The van der Waals surface area contributed by atoms with Gasteiger partial charge in [-0.2, -0.15) is 0 Å². The summed E-state index contributed by atoms with van der Waals surface area (Å²) in [5.74, 6) is 1.40. The van der Waals surface area contributed by atoms with Crippen LogP contribution in [0.1, 0.15) is 12.0 Å². The lowest BCUT2D eigenvalue weighted by molar-refractivity contribution is -0.113. The normalized spacial score (nSPS) is 13.0. The van der Waals surface area contributed by atoms with Gasteiger partial charge in [0.15, 0.2) is 22.5 Å². The van der Waals surface area contributed by atoms with Crippen molar-refractivity contribution in [1.29, 1.82) is 0 Å². The molecule has 4 rings (SSSR count). The van der Waals surface area contributed by atoms with Gasteiger partial charge in [0.2, 0.25) is 5.91 Å². The Hall–Kier alpha value is -2.78. The molecule has 1 aliphatic heterocycles. The number of carbonyl (C=O) groups excluding carboxylic acids is 1. The van der Waals surface area contributed by atoms with Crippen molar-refractivity contribution in [2.75, 3.05) is 24.3 Å². The molecule has 0 unspecified atom stereocenters. The molecular weight excluding hydrogens is 443 g/mol. The number of hydrogen-bond donors (Lipinski definition) is 1. The third-order valence-electron chi connectivity index (χ3n) is 4.71. The van der Waals surface area contributed by atoms with E-state index >= 15 is 0 Å². The molecule has 162 valence electrons. The van der Waals surface area contributed by atoms with E-state index in [2.05, 4.69) is 15.5 Å². The molecular formula is C21H20ClFN4O3S. The second-order valence-electron chi connectivity index (χ2n) is 7.00. The lowest BCUT2D eigenvalue weighted by Gasteiger charge is -2.12. The minimum atomic E-state index is -0.536. The number of halogens is 2. The van der Waals surface area contributed by atoms with Crippen molar-refractivity contribution in [3.63, 3.8) is 0 Å². The number of benzene rings is 2. The predicted octanol–water partition coefficient (Wildman–Crippen LogP) is 4.48. The molecule has 1 aromatic heterocycles. The summed E-state index contributed by atoms with van der Waals surface area (Å²) in [5, 5.41) is 11.8. The second-order valence-corrected chi connectivity index (χ2v) is 8.34. The average molecular weight is 463 g/mol. The number of rotatable bonds is 5. The molecule has 1 N–H and O–H groups in total. The van der Waals surface area contributed by atoms with Crippen LogP contribution in [0, 0.1) is 12.7 Å². The Bertz CT molecular complexity index is 1140. The number of nitrogens with one attached hydrogen (secondary N) is 1. The van der Waals surface area contributed by atoms with Crippen LogP contribution in [-0.4, -0.2) is 39.6 Å². The standard InChI is InChI=1S/C21H20ClFN4O3S/c1-12-8-17-18(30-7-3-6-29-17)10-14(12)20-25-26-21(27(20)2)31-11-19(28)24-13-4-5-16(23)15(22)9-13/h4-5,8-10H,3,6-7,11H2,1-2H3,(H,24,28). The van der Waals surface area contributed by atoms with Gasteiger partial charge in [0.1, 0.15) is 5.82 Å². The molecule has 0 aliphatic carbocycles. The Morgan fingerprint density at radius 1 is 1.23 bits per heavy atom. The van der Waals surface area contributed by atoms with Crippen LogP contribution in [0.3, 0.4) is 0 Å². The van der Waals surface area contributed by atoms with E-state index in [0.29, 0.717) is 35.6 Å². The van der Waals surface area contributed by atoms with Crippen LogP contribution in [0.2, 0.25) is 5.02 Å². The fraction of sp³-hybridized carbons (Fsp3) is 0.286. The van der Waals surface area contributed by atoms with E-state index in [1.165, 1.54) is 30.0 Å². The molecule has 3 aromatic rings. The van der Waals surface area contributed by atoms with Gasteiger partial charge in [0.25, 0.3) is 0 Å². The van der Waals surface area contributed by atoms with Crippen molar-refractivity contribution < 1.29 is 18.7 Å². The van der Waals surface area contributed by atoms with Gasteiger partial charge in [-0.15, -0.1) is 10.2 Å². The summed E-state index contributed by atoms with van der Waals surface area (Å²) in [6, 6.07) is 7.89. The Morgan fingerprint density at radius 3 is 2.71 bits per heavy atom. The highest BCUT2D eigenvalue weighted by Gasteiger charge is 2.19. The summed E-state index contributed by atoms with van der Waals surface area (Å²) in [4.78, 5) is 12.3. The molecule has 2 heterocycles. The molecule has 1 amide bonds. The van der Waals surface area contributed by atoms with Crippen molar-refractivity contribution in [2.45, 2.75) is 18.5 Å². The van der Waals surface area contributed by atoms with Crippen LogP contribution in [-0.2, 0) is 11.8 Å². The van der Waals surface area contributed by atoms with E-state index in [-0.39, 0.29) is 16.7 Å². The zero-order valence-electron chi connectivity index (χ0n) is 16.9. The maximum atomic E-state index is 13.3. The zero-order chi connectivity index (χ0) is 22.0. The van der Waals surface area contributed by atoms with Gasteiger partial charge < -0.3 is 19.4 Å². The van der Waals surface area contributed by atoms with Gasteiger partial charge in [0.05, 0.1) is 24.0 Å². The molecule has 0 radical (unpaired) electrons. The average Bonchev–Trinajstić information content (AvgIpc) is 2.94. The van der Waals surface area contributed by atoms with Crippen LogP contribution >= 0.6 is 23.4 Å². The minimum Gasteiger partial charge on any atom is -0.490 e. The van der Waals surface area contributed by atoms with Gasteiger partial charge in [-0.25, -0.2) is 4.39 Å². The maximum Gasteiger partial charge on any atom is 0.234 e. The third kappa shape index (κ3) is 4.77. The van der Waals surface area contributed by atoms with E-state index in [1.54, 1.807) is 0 Å². The number of aryl methyl sites for hydroxylation is 1. The van der Waals surface area contributed by atoms with Crippen LogP contribution in [0.25, 0.3) is 11.4 Å². The van der Waals surface area contributed by atoms with Gasteiger partial charge >= 0.3 is 0 Å². The molecule has 0 saturated heterocycles. The van der Waals surface area contributed by atoms with E-state index < -0.39 is 5.82 Å². The number of anilines is 1. The van der Waals surface area contributed by atoms with E-state index in [9.17, 15) is 9.18 Å². The van der Waals surface area contributed by atoms with Gasteiger partial charge in [-0.05, 0) is 42.8 Å². The van der Waals surface area contributed by atoms with E-state index in [0.717, 1.165) is 23.3 Å². The molecule has 10 heteroatoms. The minimum absolute atomic E-state index is 0.0473. The SMILES string of the molecule is Cc1cc2c(cc1-c1nnc(SCC(=O)Nc3ccc(F)c(Cl)c3)n1C)OCCCO2. The van der Waals surface area contributed by atoms with Crippen LogP contribution < -0.4 is 14.8 Å². The fourth-order valence-corrected chi connectivity index (χ4v) is 4.02. The predicted molar refractivity (Wildman–Crippen MR) is 118 cm³/mol. The number of amides is 1. The zero-order valence-corrected chi connectivity index (χ0v) is 18.5.